The van der Waals surface area contributed by atoms with Gasteiger partial charge in [-0.05, 0) is 67.9 Å². The molecular formula is C26H33N5O2. The minimum Gasteiger partial charge on any atom is -0.342 e. The molecule has 0 bridgehead atoms. The van der Waals surface area contributed by atoms with Gasteiger partial charge in [0, 0.05) is 38.3 Å². The van der Waals surface area contributed by atoms with E-state index in [1.165, 1.54) is 18.4 Å². The molecule has 1 saturated carbocycles. The lowest BCUT2D eigenvalue weighted by atomic mass is 9.89. The number of rotatable bonds is 6. The van der Waals surface area contributed by atoms with Crippen LogP contribution in [0.1, 0.15) is 44.1 Å². The Balaban J connectivity index is 1.21. The van der Waals surface area contributed by atoms with Gasteiger partial charge in [0.15, 0.2) is 5.82 Å². The summed E-state index contributed by atoms with van der Waals surface area (Å²) in [7, 11) is 0. The molecule has 33 heavy (non-hydrogen) atoms. The highest BCUT2D eigenvalue weighted by Crippen LogP contribution is 2.30. The van der Waals surface area contributed by atoms with Crippen LogP contribution in [0.15, 0.2) is 42.6 Å². The van der Waals surface area contributed by atoms with Crippen LogP contribution in [-0.4, -0.2) is 53.1 Å². The number of anilines is 2. The Morgan fingerprint density at radius 2 is 1.70 bits per heavy atom. The van der Waals surface area contributed by atoms with Crippen molar-refractivity contribution >= 4 is 23.3 Å². The molecule has 3 aliphatic rings. The van der Waals surface area contributed by atoms with Crippen LogP contribution in [0.3, 0.4) is 0 Å². The molecule has 0 spiro atoms. The maximum Gasteiger partial charge on any atom is 0.238 e. The van der Waals surface area contributed by atoms with Crippen molar-refractivity contribution in [3.63, 3.8) is 0 Å². The molecule has 1 N–H and O–H groups in total. The van der Waals surface area contributed by atoms with Gasteiger partial charge in [0.25, 0.3) is 0 Å². The van der Waals surface area contributed by atoms with Crippen LogP contribution in [0.4, 0.5) is 11.5 Å². The van der Waals surface area contributed by atoms with E-state index in [1.54, 1.807) is 17.2 Å². The summed E-state index contributed by atoms with van der Waals surface area (Å²) in [6.07, 6.45) is 9.34. The third-order valence-electron chi connectivity index (χ3n) is 7.49. The van der Waals surface area contributed by atoms with Crippen molar-refractivity contribution in [3.8, 4) is 0 Å². The van der Waals surface area contributed by atoms with E-state index in [2.05, 4.69) is 32.5 Å². The van der Waals surface area contributed by atoms with Gasteiger partial charge in [-0.1, -0.05) is 25.0 Å². The number of nitrogens with zero attached hydrogens (tertiary/aromatic N) is 4. The Hall–Kier alpha value is -2.80. The van der Waals surface area contributed by atoms with Crippen molar-refractivity contribution in [1.29, 1.82) is 0 Å². The fourth-order valence-corrected chi connectivity index (χ4v) is 5.33. The molecule has 0 atom stereocenters. The highest BCUT2D eigenvalue weighted by atomic mass is 16.2. The van der Waals surface area contributed by atoms with Crippen LogP contribution < -0.4 is 10.2 Å². The lowest BCUT2D eigenvalue weighted by Crippen LogP contribution is -2.51. The van der Waals surface area contributed by atoms with Gasteiger partial charge < -0.3 is 10.2 Å². The van der Waals surface area contributed by atoms with Gasteiger partial charge in [0.1, 0.15) is 0 Å². The second kappa shape index (κ2) is 10.00. The topological polar surface area (TPSA) is 78.4 Å². The number of carbonyl (C=O) groups is 2. The minimum absolute atomic E-state index is 0.0242. The van der Waals surface area contributed by atoms with Crippen LogP contribution >= 0.6 is 0 Å². The number of nitrogens with one attached hydrogen (secondary N) is 1. The zero-order valence-corrected chi connectivity index (χ0v) is 19.2. The third kappa shape index (κ3) is 4.93. The predicted octanol–water partition coefficient (Wildman–Crippen LogP) is 3.33. The molecule has 3 fully saturated rings. The molecule has 1 aromatic carbocycles. The normalized spacial score (nSPS) is 19.9. The average Bonchev–Trinajstić information content (AvgIpc) is 3.35. The minimum atomic E-state index is -0.0242. The second-order valence-electron chi connectivity index (χ2n) is 9.73. The molecule has 7 nitrogen and oxygen atoms in total. The van der Waals surface area contributed by atoms with Gasteiger partial charge in [-0.25, -0.2) is 0 Å². The fourth-order valence-electron chi connectivity index (χ4n) is 5.33. The number of hydrogen-bond acceptors (Lipinski definition) is 5. The summed E-state index contributed by atoms with van der Waals surface area (Å²) < 4.78 is 0. The Bertz CT molecular complexity index is 946. The van der Waals surface area contributed by atoms with E-state index in [4.69, 9.17) is 0 Å². The van der Waals surface area contributed by atoms with Crippen molar-refractivity contribution in [1.82, 2.24) is 20.4 Å². The first kappa shape index (κ1) is 22.0. The van der Waals surface area contributed by atoms with Crippen LogP contribution in [0, 0.1) is 17.8 Å². The van der Waals surface area contributed by atoms with Crippen molar-refractivity contribution in [3.05, 3.63) is 48.2 Å². The Morgan fingerprint density at radius 1 is 0.970 bits per heavy atom. The number of amides is 2. The molecule has 5 rings (SSSR count). The molecule has 3 heterocycles. The quantitative estimate of drug-likeness (QED) is 0.735. The molecule has 1 aliphatic carbocycles. The molecule has 2 aliphatic heterocycles. The zero-order valence-electron chi connectivity index (χ0n) is 19.2. The Morgan fingerprint density at radius 3 is 2.30 bits per heavy atom. The summed E-state index contributed by atoms with van der Waals surface area (Å²) in [5.41, 5.74) is 2.10. The number of hydrogen-bond donors (Lipinski definition) is 1. The highest BCUT2D eigenvalue weighted by Gasteiger charge is 2.32. The maximum absolute atomic E-state index is 13.1. The molecule has 2 amide bonds. The summed E-state index contributed by atoms with van der Waals surface area (Å²) in [4.78, 5) is 29.6. The van der Waals surface area contributed by atoms with Crippen LogP contribution in [-0.2, 0) is 16.0 Å². The number of aromatic nitrogens is 2. The summed E-state index contributed by atoms with van der Waals surface area (Å²) in [5.74, 6) is 1.87. The van der Waals surface area contributed by atoms with Crippen LogP contribution in [0.2, 0.25) is 0 Å². The monoisotopic (exact) mass is 447 g/mol. The average molecular weight is 448 g/mol. The number of benzene rings is 1. The van der Waals surface area contributed by atoms with Gasteiger partial charge in [0.05, 0.1) is 11.6 Å². The second-order valence-corrected chi connectivity index (χ2v) is 9.73. The summed E-state index contributed by atoms with van der Waals surface area (Å²) in [5, 5.41) is 11.3. The zero-order chi connectivity index (χ0) is 22.6. The van der Waals surface area contributed by atoms with Crippen molar-refractivity contribution in [2.24, 2.45) is 17.8 Å². The lowest BCUT2D eigenvalue weighted by molar-refractivity contribution is -0.136. The van der Waals surface area contributed by atoms with Gasteiger partial charge in [-0.2, -0.15) is 5.10 Å². The van der Waals surface area contributed by atoms with E-state index in [0.29, 0.717) is 30.7 Å². The van der Waals surface area contributed by atoms with Gasteiger partial charge in [-0.15, -0.1) is 5.10 Å². The van der Waals surface area contributed by atoms with Crippen molar-refractivity contribution in [2.45, 2.75) is 44.9 Å². The number of piperidine rings is 1. The highest BCUT2D eigenvalue weighted by molar-refractivity contribution is 6.01. The lowest BCUT2D eigenvalue weighted by Gasteiger charge is -2.34. The van der Waals surface area contributed by atoms with E-state index < -0.39 is 0 Å². The molecule has 7 heteroatoms. The standard InChI is InChI=1S/C26H33N5O2/c32-25(21-4-1-2-5-21)30-14-11-20(12-15-30)16-19-7-9-23(10-8-19)31(24-6-3-13-28-29-24)26(33)22-17-27-18-22/h3,6-10,13,20-22,27H,1-2,4-5,11-12,14-18H2. The SMILES string of the molecule is O=C(C1CCCC1)N1CCC(Cc2ccc(N(C(=O)C3CNC3)c3cccnn3)cc2)CC1. The third-order valence-corrected chi connectivity index (χ3v) is 7.49. The first-order valence-electron chi connectivity index (χ1n) is 12.4. The van der Waals surface area contributed by atoms with Gasteiger partial charge >= 0.3 is 0 Å². The molecule has 2 saturated heterocycles. The summed E-state index contributed by atoms with van der Waals surface area (Å²) in [6.45, 7) is 3.19. The molecule has 1 aromatic heterocycles. The van der Waals surface area contributed by atoms with E-state index >= 15 is 0 Å². The Kier molecular flexibility index (Phi) is 6.67. The summed E-state index contributed by atoms with van der Waals surface area (Å²) in [6, 6.07) is 11.9. The predicted molar refractivity (Wildman–Crippen MR) is 127 cm³/mol. The fraction of sp³-hybridized carbons (Fsp3) is 0.538. The van der Waals surface area contributed by atoms with E-state index in [9.17, 15) is 9.59 Å². The molecular weight excluding hydrogens is 414 g/mol. The van der Waals surface area contributed by atoms with E-state index in [0.717, 1.165) is 50.9 Å². The van der Waals surface area contributed by atoms with Gasteiger partial charge in [-0.3, -0.25) is 14.5 Å². The Labute approximate surface area is 195 Å². The van der Waals surface area contributed by atoms with Crippen molar-refractivity contribution in [2.75, 3.05) is 31.1 Å². The van der Waals surface area contributed by atoms with Crippen molar-refractivity contribution < 1.29 is 9.59 Å². The first-order chi connectivity index (χ1) is 16.2. The van der Waals surface area contributed by atoms with Gasteiger partial charge in [0.2, 0.25) is 11.8 Å². The van der Waals surface area contributed by atoms with Crippen LogP contribution in [0.25, 0.3) is 0 Å². The first-order valence-corrected chi connectivity index (χ1v) is 12.4. The van der Waals surface area contributed by atoms with E-state index in [-0.39, 0.29) is 17.7 Å². The smallest absolute Gasteiger partial charge is 0.238 e. The largest absolute Gasteiger partial charge is 0.342 e. The number of carbonyl (C=O) groups excluding carboxylic acids is 2. The molecule has 0 radical (unpaired) electrons. The maximum atomic E-state index is 13.1. The molecule has 174 valence electrons. The van der Waals surface area contributed by atoms with Crippen LogP contribution in [0.5, 0.6) is 0 Å². The molecule has 2 aromatic rings. The summed E-state index contributed by atoms with van der Waals surface area (Å²) >= 11 is 0. The molecule has 0 unspecified atom stereocenters. The van der Waals surface area contributed by atoms with E-state index in [1.807, 2.05) is 18.2 Å². The number of likely N-dealkylation sites (tertiary alicyclic amines) is 1.